The first-order chi connectivity index (χ1) is 23.2. The summed E-state index contributed by atoms with van der Waals surface area (Å²) in [6.07, 6.45) is 5.61. The lowest BCUT2D eigenvalue weighted by atomic mass is 9.85. The van der Waals surface area contributed by atoms with Crippen molar-refractivity contribution in [2.45, 2.75) is 19.4 Å². The van der Waals surface area contributed by atoms with Crippen LogP contribution in [0.5, 0.6) is 0 Å². The molecular weight excluding hydrogens is 574 g/mol. The van der Waals surface area contributed by atoms with Gasteiger partial charge in [-0.15, -0.1) is 0 Å². The van der Waals surface area contributed by atoms with Gasteiger partial charge < -0.3 is 14.3 Å². The molecule has 3 heterocycles. The summed E-state index contributed by atoms with van der Waals surface area (Å²) < 4.78 is 9.16. The van der Waals surface area contributed by atoms with Gasteiger partial charge in [-0.1, -0.05) is 122 Å². The molecule has 8 aromatic rings. The summed E-state index contributed by atoms with van der Waals surface area (Å²) in [5.41, 5.74) is 9.63. The average Bonchev–Trinajstić information content (AvgIpc) is 3.69. The van der Waals surface area contributed by atoms with E-state index in [9.17, 15) is 0 Å². The third-order valence-corrected chi connectivity index (χ3v) is 9.97. The van der Waals surface area contributed by atoms with Crippen molar-refractivity contribution in [1.82, 2.24) is 9.88 Å². The Hall–Kier alpha value is -5.87. The molecule has 0 bridgehead atoms. The van der Waals surface area contributed by atoms with E-state index in [-0.39, 0.29) is 6.04 Å². The van der Waals surface area contributed by atoms with Gasteiger partial charge in [-0.05, 0) is 47.4 Å². The zero-order chi connectivity index (χ0) is 31.1. The molecule has 0 radical (unpaired) electrons. The lowest BCUT2D eigenvalue weighted by Gasteiger charge is -2.32. The van der Waals surface area contributed by atoms with Gasteiger partial charge in [0, 0.05) is 43.9 Å². The molecule has 1 aliphatic heterocycles. The van der Waals surface area contributed by atoms with Crippen molar-refractivity contribution in [1.29, 1.82) is 0 Å². The number of para-hydroxylation sites is 2. The monoisotopic (exact) mass is 605 g/mol. The van der Waals surface area contributed by atoms with Crippen molar-refractivity contribution >= 4 is 66.0 Å². The molecule has 1 N–H and O–H groups in total. The van der Waals surface area contributed by atoms with Gasteiger partial charge in [-0.2, -0.15) is 0 Å². The molecule has 10 rings (SSSR count). The van der Waals surface area contributed by atoms with Gasteiger partial charge in [0.05, 0.1) is 22.8 Å². The molecule has 2 aliphatic rings. The molecule has 224 valence electrons. The van der Waals surface area contributed by atoms with Crippen molar-refractivity contribution in [3.63, 3.8) is 0 Å². The summed E-state index contributed by atoms with van der Waals surface area (Å²) in [5.74, 6) is 1.40. The second-order valence-corrected chi connectivity index (χ2v) is 12.9. The Kier molecular flexibility index (Phi) is 5.64. The molecule has 4 nitrogen and oxygen atoms in total. The summed E-state index contributed by atoms with van der Waals surface area (Å²) in [5, 5.41) is 11.0. The standard InChI is InChI=1S/C43H31N3O/c1-26-22-23-32-35(24-26)44-43(45-40(32)27-12-3-2-4-13-27)28-14-11-15-29(25-28)46-36-20-9-7-18-33(36)38-30-16-5-6-17-31(30)39-34-19-8-10-21-37(34)47-42(39)41(38)46/h2-23,25-26,35H,24H2,1H3,(H,44,45). The summed E-state index contributed by atoms with van der Waals surface area (Å²) in [6, 6.07) is 45.4. The minimum Gasteiger partial charge on any atom is -0.454 e. The summed E-state index contributed by atoms with van der Waals surface area (Å²) in [6.45, 7) is 2.29. The van der Waals surface area contributed by atoms with Crippen LogP contribution >= 0.6 is 0 Å². The van der Waals surface area contributed by atoms with Gasteiger partial charge in [0.1, 0.15) is 11.4 Å². The molecule has 47 heavy (non-hydrogen) atoms. The van der Waals surface area contributed by atoms with Gasteiger partial charge in [-0.3, -0.25) is 0 Å². The lowest BCUT2D eigenvalue weighted by Crippen LogP contribution is -2.41. The highest BCUT2D eigenvalue weighted by Crippen LogP contribution is 2.45. The number of nitrogens with zero attached hydrogens (tertiary/aromatic N) is 2. The van der Waals surface area contributed by atoms with Gasteiger partial charge >= 0.3 is 0 Å². The molecule has 0 saturated carbocycles. The number of furan rings is 1. The van der Waals surface area contributed by atoms with Crippen LogP contribution in [0.1, 0.15) is 24.5 Å². The topological polar surface area (TPSA) is 42.5 Å². The number of benzene rings is 6. The lowest BCUT2D eigenvalue weighted by molar-refractivity contribution is 0.529. The highest BCUT2D eigenvalue weighted by atomic mass is 16.3. The maximum absolute atomic E-state index is 6.77. The molecule has 0 amide bonds. The van der Waals surface area contributed by atoms with Crippen molar-refractivity contribution in [3.05, 3.63) is 156 Å². The Balaban J connectivity index is 1.25. The van der Waals surface area contributed by atoms with Gasteiger partial charge in [0.25, 0.3) is 0 Å². The molecule has 0 fully saturated rings. The van der Waals surface area contributed by atoms with Crippen LogP contribution in [0.25, 0.3) is 65.9 Å². The minimum absolute atomic E-state index is 0.205. The zero-order valence-electron chi connectivity index (χ0n) is 25.9. The second kappa shape index (κ2) is 10.1. The number of rotatable bonds is 3. The van der Waals surface area contributed by atoms with Crippen LogP contribution < -0.4 is 5.32 Å². The first-order valence-electron chi connectivity index (χ1n) is 16.4. The fourth-order valence-electron chi connectivity index (χ4n) is 7.88. The Bertz CT molecular complexity index is 2650. The van der Waals surface area contributed by atoms with Crippen molar-refractivity contribution in [2.24, 2.45) is 10.9 Å². The molecule has 2 atom stereocenters. The SMILES string of the molecule is CC1C=CC2=C(c3ccccc3)N=C(c3cccc(-n4c5ccccc5c5c6ccccc6c6c7ccccc7oc6c54)c3)NC2C1. The smallest absolute Gasteiger partial charge is 0.160 e. The number of fused-ring (bicyclic) bond motifs is 11. The fourth-order valence-corrected chi connectivity index (χ4v) is 7.88. The maximum Gasteiger partial charge on any atom is 0.160 e. The van der Waals surface area contributed by atoms with Crippen LogP contribution in [0.2, 0.25) is 0 Å². The minimum atomic E-state index is 0.205. The van der Waals surface area contributed by atoms with Crippen LogP contribution in [-0.4, -0.2) is 16.4 Å². The van der Waals surface area contributed by atoms with Crippen LogP contribution in [-0.2, 0) is 0 Å². The van der Waals surface area contributed by atoms with Crippen LogP contribution in [0, 0.1) is 5.92 Å². The number of aliphatic imine (C=N–C) groups is 1. The van der Waals surface area contributed by atoms with Crippen molar-refractivity contribution in [3.8, 4) is 5.69 Å². The quantitative estimate of drug-likeness (QED) is 0.218. The molecule has 2 unspecified atom stereocenters. The Labute approximate surface area is 272 Å². The Morgan fingerprint density at radius 1 is 0.702 bits per heavy atom. The third-order valence-electron chi connectivity index (χ3n) is 9.97. The highest BCUT2D eigenvalue weighted by Gasteiger charge is 2.29. The number of allylic oxidation sites excluding steroid dienone is 1. The average molecular weight is 606 g/mol. The van der Waals surface area contributed by atoms with E-state index < -0.39 is 0 Å². The molecule has 6 aromatic carbocycles. The van der Waals surface area contributed by atoms with Crippen LogP contribution in [0.15, 0.2) is 155 Å². The molecule has 0 saturated heterocycles. The zero-order valence-corrected chi connectivity index (χ0v) is 25.9. The van der Waals surface area contributed by atoms with E-state index in [1.165, 1.54) is 27.1 Å². The van der Waals surface area contributed by atoms with E-state index in [0.717, 1.165) is 67.7 Å². The maximum atomic E-state index is 6.77. The number of hydrogen-bond donors (Lipinski definition) is 1. The Morgan fingerprint density at radius 2 is 1.40 bits per heavy atom. The van der Waals surface area contributed by atoms with Crippen molar-refractivity contribution in [2.75, 3.05) is 0 Å². The van der Waals surface area contributed by atoms with E-state index >= 15 is 0 Å². The molecule has 0 spiro atoms. The van der Waals surface area contributed by atoms with E-state index in [0.29, 0.717) is 5.92 Å². The van der Waals surface area contributed by atoms with E-state index in [2.05, 4.69) is 150 Å². The van der Waals surface area contributed by atoms with Crippen LogP contribution in [0.3, 0.4) is 0 Å². The normalized spacial score (nSPS) is 17.9. The number of hydrogen-bond acceptors (Lipinski definition) is 3. The predicted octanol–water partition coefficient (Wildman–Crippen LogP) is 10.6. The van der Waals surface area contributed by atoms with Crippen LogP contribution in [0.4, 0.5) is 0 Å². The summed E-state index contributed by atoms with van der Waals surface area (Å²) >= 11 is 0. The Morgan fingerprint density at radius 3 is 2.26 bits per heavy atom. The van der Waals surface area contributed by atoms with Gasteiger partial charge in [0.15, 0.2) is 5.58 Å². The molecule has 4 heteroatoms. The molecular formula is C43H31N3O. The largest absolute Gasteiger partial charge is 0.454 e. The van der Waals surface area contributed by atoms with E-state index in [1.807, 2.05) is 6.07 Å². The highest BCUT2D eigenvalue weighted by molar-refractivity contribution is 6.35. The van der Waals surface area contributed by atoms with Gasteiger partial charge in [-0.25, -0.2) is 4.99 Å². The number of amidine groups is 1. The summed E-state index contributed by atoms with van der Waals surface area (Å²) in [7, 11) is 0. The number of nitrogens with one attached hydrogen (secondary N) is 1. The van der Waals surface area contributed by atoms with E-state index in [1.54, 1.807) is 0 Å². The van der Waals surface area contributed by atoms with Crippen molar-refractivity contribution < 1.29 is 4.42 Å². The molecule has 1 aliphatic carbocycles. The molecule has 2 aromatic heterocycles. The first-order valence-corrected chi connectivity index (χ1v) is 16.4. The first kappa shape index (κ1) is 26.4. The van der Waals surface area contributed by atoms with Gasteiger partial charge in [0.2, 0.25) is 0 Å². The number of aromatic nitrogens is 1. The third kappa shape index (κ3) is 3.91. The second-order valence-electron chi connectivity index (χ2n) is 12.9. The fraction of sp³-hybridized carbons (Fsp3) is 0.0930. The predicted molar refractivity (Wildman–Crippen MR) is 195 cm³/mol. The van der Waals surface area contributed by atoms with E-state index in [4.69, 9.17) is 9.41 Å². The summed E-state index contributed by atoms with van der Waals surface area (Å²) in [4.78, 5) is 5.30.